The molecular formula is C30H45NO6. The molecule has 0 aromatic heterocycles. The summed E-state index contributed by atoms with van der Waals surface area (Å²) < 4.78 is 24.8. The molecule has 2 fully saturated rings. The van der Waals surface area contributed by atoms with Crippen molar-refractivity contribution in [3.63, 3.8) is 0 Å². The lowest BCUT2D eigenvalue weighted by Gasteiger charge is -2.55. The zero-order chi connectivity index (χ0) is 26.8. The van der Waals surface area contributed by atoms with Crippen LogP contribution in [0.3, 0.4) is 0 Å². The van der Waals surface area contributed by atoms with Gasteiger partial charge < -0.3 is 29.0 Å². The van der Waals surface area contributed by atoms with Gasteiger partial charge in [0.25, 0.3) is 0 Å². The normalized spacial score (nSPS) is 26.5. The summed E-state index contributed by atoms with van der Waals surface area (Å²) >= 11 is 0. The molecule has 0 saturated carbocycles. The van der Waals surface area contributed by atoms with Crippen LogP contribution in [0.1, 0.15) is 85.3 Å². The third-order valence-corrected chi connectivity index (χ3v) is 8.04. The maximum absolute atomic E-state index is 12.6. The second-order valence-corrected chi connectivity index (χ2v) is 12.5. The van der Waals surface area contributed by atoms with Crippen LogP contribution in [0.4, 0.5) is 4.79 Å². The largest absolute Gasteiger partial charge is 0.491 e. The van der Waals surface area contributed by atoms with Crippen molar-refractivity contribution in [2.45, 2.75) is 91.0 Å². The van der Waals surface area contributed by atoms with Crippen LogP contribution in [0, 0.1) is 11.3 Å². The fraction of sp³-hybridized carbons (Fsp3) is 0.700. The predicted molar refractivity (Wildman–Crippen MR) is 143 cm³/mol. The van der Waals surface area contributed by atoms with E-state index in [0.717, 1.165) is 43.4 Å². The van der Waals surface area contributed by atoms with Gasteiger partial charge in [0, 0.05) is 30.6 Å². The summed E-state index contributed by atoms with van der Waals surface area (Å²) in [6.07, 6.45) is 6.66. The van der Waals surface area contributed by atoms with Crippen LogP contribution in [0.25, 0.3) is 0 Å². The molecule has 0 radical (unpaired) electrons. The Morgan fingerprint density at radius 1 is 1.24 bits per heavy atom. The molecule has 4 rings (SSSR count). The second kappa shape index (κ2) is 10.9. The number of piperidine rings is 1. The van der Waals surface area contributed by atoms with Crippen molar-refractivity contribution in [3.8, 4) is 11.5 Å². The number of ether oxygens (including phenoxy) is 4. The maximum atomic E-state index is 12.6. The number of carbonyl (C=O) groups is 1. The molecule has 3 aliphatic rings. The third kappa shape index (κ3) is 6.43. The molecule has 7 heteroatoms. The average molecular weight is 516 g/mol. The average Bonchev–Trinajstić information content (AvgIpc) is 2.82. The summed E-state index contributed by atoms with van der Waals surface area (Å²) in [7, 11) is 0. The number of likely N-dealkylation sites (tertiary alicyclic amines) is 1. The van der Waals surface area contributed by atoms with Crippen molar-refractivity contribution >= 4 is 6.09 Å². The Kier molecular flexibility index (Phi) is 8.15. The van der Waals surface area contributed by atoms with E-state index in [-0.39, 0.29) is 36.7 Å². The van der Waals surface area contributed by atoms with Gasteiger partial charge in [0.1, 0.15) is 29.3 Å². The first-order valence-corrected chi connectivity index (χ1v) is 13.7. The fourth-order valence-corrected chi connectivity index (χ4v) is 6.00. The van der Waals surface area contributed by atoms with Crippen LogP contribution in [0.5, 0.6) is 11.5 Å². The van der Waals surface area contributed by atoms with E-state index in [1.165, 1.54) is 5.57 Å². The minimum Gasteiger partial charge on any atom is -0.491 e. The molecule has 0 bridgehead atoms. The first-order valence-electron chi connectivity index (χ1n) is 13.7. The smallest absolute Gasteiger partial charge is 0.410 e. The van der Waals surface area contributed by atoms with E-state index in [0.29, 0.717) is 25.4 Å². The maximum Gasteiger partial charge on any atom is 0.410 e. The third-order valence-electron chi connectivity index (χ3n) is 8.04. The lowest BCUT2D eigenvalue weighted by molar-refractivity contribution is -0.179. The number of hydrogen-bond acceptors (Lipinski definition) is 6. The van der Waals surface area contributed by atoms with E-state index < -0.39 is 11.2 Å². The Labute approximate surface area is 222 Å². The number of rotatable bonds is 6. The molecule has 7 nitrogen and oxygen atoms in total. The summed E-state index contributed by atoms with van der Waals surface area (Å²) in [5.74, 6) is 1.71. The van der Waals surface area contributed by atoms with Gasteiger partial charge >= 0.3 is 6.09 Å². The van der Waals surface area contributed by atoms with E-state index in [1.54, 1.807) is 0 Å². The number of fused-ring (bicyclic) bond motifs is 3. The van der Waals surface area contributed by atoms with E-state index in [9.17, 15) is 4.79 Å². The van der Waals surface area contributed by atoms with Crippen molar-refractivity contribution < 1.29 is 28.8 Å². The number of hydrogen-bond donors (Lipinski definition) is 1. The first kappa shape index (κ1) is 27.8. The van der Waals surface area contributed by atoms with E-state index >= 15 is 0 Å². The standard InChI is InChI=1S/C30H45NO6/c1-21(2)8-7-11-29(6)24-19-30(12-14-31(15-13-30)27(33)37-28(3,4)5)20-35-26(24)23-10-9-22(34-17-16-32)18-25(23)36-29/h8-10,18,24,26,32H,7,11-17,19-20H2,1-6H3/t24-,26+,29-/m0/s1. The van der Waals surface area contributed by atoms with Gasteiger partial charge in [-0.2, -0.15) is 0 Å². The van der Waals surface area contributed by atoms with Crippen LogP contribution in [0.15, 0.2) is 29.8 Å². The molecule has 0 aliphatic carbocycles. The SMILES string of the molecule is CC(C)=CCC[C@]1(C)Oc2cc(OCCO)ccc2[C@H]2OCC3(CCN(C(=O)OC(C)(C)C)CC3)C[C@@H]21. The van der Waals surface area contributed by atoms with Crippen LogP contribution in [0.2, 0.25) is 0 Å². The molecule has 1 N–H and O–H groups in total. The number of aliphatic hydroxyl groups is 1. The summed E-state index contributed by atoms with van der Waals surface area (Å²) in [4.78, 5) is 14.5. The van der Waals surface area contributed by atoms with Crippen LogP contribution < -0.4 is 9.47 Å². The summed E-state index contributed by atoms with van der Waals surface area (Å²) in [5.41, 5.74) is 1.53. The Balaban J connectivity index is 1.54. The van der Waals surface area contributed by atoms with Gasteiger partial charge in [-0.25, -0.2) is 4.79 Å². The van der Waals surface area contributed by atoms with Crippen LogP contribution >= 0.6 is 0 Å². The zero-order valence-electron chi connectivity index (χ0n) is 23.5. The molecule has 3 aliphatic heterocycles. The molecule has 37 heavy (non-hydrogen) atoms. The van der Waals surface area contributed by atoms with Crippen molar-refractivity contribution in [2.75, 3.05) is 32.9 Å². The lowest BCUT2D eigenvalue weighted by atomic mass is 9.63. The molecule has 3 heterocycles. The van der Waals surface area contributed by atoms with E-state index in [4.69, 9.17) is 24.1 Å². The molecule has 1 spiro atoms. The van der Waals surface area contributed by atoms with Gasteiger partial charge in [0.05, 0.1) is 19.3 Å². The molecule has 206 valence electrons. The van der Waals surface area contributed by atoms with E-state index in [1.807, 2.05) is 37.8 Å². The van der Waals surface area contributed by atoms with Gasteiger partial charge in [-0.15, -0.1) is 0 Å². The highest BCUT2D eigenvalue weighted by Gasteiger charge is 2.54. The number of carbonyl (C=O) groups excluding carboxylic acids is 1. The van der Waals surface area contributed by atoms with Gasteiger partial charge in [0.15, 0.2) is 0 Å². The molecule has 1 aromatic rings. The Hall–Kier alpha value is -2.25. The number of aliphatic hydroxyl groups excluding tert-OH is 1. The molecule has 3 atom stereocenters. The van der Waals surface area contributed by atoms with Gasteiger partial charge in [-0.05, 0) is 91.2 Å². The minimum atomic E-state index is -0.490. The van der Waals surface area contributed by atoms with Crippen LogP contribution in [-0.4, -0.2) is 60.2 Å². The van der Waals surface area contributed by atoms with Gasteiger partial charge in [-0.1, -0.05) is 11.6 Å². The predicted octanol–water partition coefficient (Wildman–Crippen LogP) is 6.05. The van der Waals surface area contributed by atoms with Crippen molar-refractivity contribution in [3.05, 3.63) is 35.4 Å². The van der Waals surface area contributed by atoms with Crippen molar-refractivity contribution in [1.82, 2.24) is 4.90 Å². The molecule has 1 amide bonds. The van der Waals surface area contributed by atoms with Gasteiger partial charge in [-0.3, -0.25) is 0 Å². The van der Waals surface area contributed by atoms with E-state index in [2.05, 4.69) is 32.9 Å². The number of nitrogens with zero attached hydrogens (tertiary/aromatic N) is 1. The van der Waals surface area contributed by atoms with Gasteiger partial charge in [0.2, 0.25) is 0 Å². The first-order chi connectivity index (χ1) is 17.4. The highest BCUT2D eigenvalue weighted by atomic mass is 16.6. The molecule has 2 saturated heterocycles. The zero-order valence-corrected chi connectivity index (χ0v) is 23.5. The summed E-state index contributed by atoms with van der Waals surface area (Å²) in [6, 6.07) is 5.93. The number of amides is 1. The topological polar surface area (TPSA) is 77.5 Å². The summed E-state index contributed by atoms with van der Waals surface area (Å²) in [6.45, 7) is 14.5. The lowest BCUT2D eigenvalue weighted by Crippen LogP contribution is -2.56. The quantitative estimate of drug-likeness (QED) is 0.465. The highest BCUT2D eigenvalue weighted by Crippen LogP contribution is 2.57. The monoisotopic (exact) mass is 515 g/mol. The van der Waals surface area contributed by atoms with Crippen LogP contribution in [-0.2, 0) is 9.47 Å². The summed E-state index contributed by atoms with van der Waals surface area (Å²) in [5, 5.41) is 9.15. The Morgan fingerprint density at radius 2 is 1.97 bits per heavy atom. The molecule has 0 unspecified atom stereocenters. The molecule has 1 aromatic carbocycles. The Bertz CT molecular complexity index is 986. The number of allylic oxidation sites excluding steroid dienone is 2. The highest BCUT2D eigenvalue weighted by molar-refractivity contribution is 5.68. The van der Waals surface area contributed by atoms with Crippen molar-refractivity contribution in [2.24, 2.45) is 11.3 Å². The second-order valence-electron chi connectivity index (χ2n) is 12.5. The molecular weight excluding hydrogens is 470 g/mol. The number of benzene rings is 1. The minimum absolute atomic E-state index is 0.0282. The Morgan fingerprint density at radius 3 is 2.62 bits per heavy atom. The van der Waals surface area contributed by atoms with Crippen molar-refractivity contribution in [1.29, 1.82) is 0 Å². The fourth-order valence-electron chi connectivity index (χ4n) is 6.00.